The molecule has 1 aliphatic carbocycles. The van der Waals surface area contributed by atoms with Crippen LogP contribution in [0.4, 0.5) is 5.82 Å². The van der Waals surface area contributed by atoms with E-state index in [1.165, 1.54) is 19.3 Å². The predicted molar refractivity (Wildman–Crippen MR) is 89.0 cm³/mol. The zero-order valence-electron chi connectivity index (χ0n) is 13.9. The quantitative estimate of drug-likeness (QED) is 0.776. The summed E-state index contributed by atoms with van der Waals surface area (Å²) in [4.78, 5) is 8.87. The van der Waals surface area contributed by atoms with Crippen molar-refractivity contribution in [2.45, 2.75) is 45.6 Å². The van der Waals surface area contributed by atoms with Gasteiger partial charge in [-0.05, 0) is 32.8 Å². The van der Waals surface area contributed by atoms with E-state index in [1.807, 2.05) is 19.9 Å². The molecular weight excluding hydrogens is 304 g/mol. The highest BCUT2D eigenvalue weighted by Crippen LogP contribution is 2.37. The third-order valence-corrected chi connectivity index (χ3v) is 4.48. The van der Waals surface area contributed by atoms with Gasteiger partial charge in [0.25, 0.3) is 0 Å². The molecule has 0 radical (unpaired) electrons. The number of nitrogens with one attached hydrogen (secondary N) is 1. The molecule has 3 aromatic rings. The molecule has 1 aliphatic rings. The second-order valence-electron chi connectivity index (χ2n) is 6.31. The van der Waals surface area contributed by atoms with Crippen LogP contribution in [0.15, 0.2) is 29.2 Å². The molecule has 0 bridgehead atoms. The summed E-state index contributed by atoms with van der Waals surface area (Å²) in [6, 6.07) is 2.02. The molecule has 0 amide bonds. The highest BCUT2D eigenvalue weighted by Gasteiger charge is 2.25. The van der Waals surface area contributed by atoms with E-state index in [4.69, 9.17) is 4.52 Å². The van der Waals surface area contributed by atoms with Crippen molar-refractivity contribution in [2.24, 2.45) is 0 Å². The second kappa shape index (κ2) is 6.07. The van der Waals surface area contributed by atoms with E-state index in [-0.39, 0.29) is 0 Å². The van der Waals surface area contributed by atoms with E-state index in [2.05, 4.69) is 25.5 Å². The summed E-state index contributed by atoms with van der Waals surface area (Å²) in [5.74, 6) is 1.96. The molecule has 0 unspecified atom stereocenters. The first kappa shape index (κ1) is 14.9. The fourth-order valence-electron chi connectivity index (χ4n) is 3.01. The number of anilines is 1. The second-order valence-corrected chi connectivity index (χ2v) is 6.31. The lowest BCUT2D eigenvalue weighted by Crippen LogP contribution is -2.13. The highest BCUT2D eigenvalue weighted by atomic mass is 16.5. The van der Waals surface area contributed by atoms with Gasteiger partial charge >= 0.3 is 0 Å². The summed E-state index contributed by atoms with van der Waals surface area (Å²) in [6.45, 7) is 4.60. The zero-order chi connectivity index (χ0) is 16.5. The van der Waals surface area contributed by atoms with Crippen molar-refractivity contribution in [1.82, 2.24) is 24.9 Å². The van der Waals surface area contributed by atoms with Crippen LogP contribution >= 0.6 is 0 Å². The lowest BCUT2D eigenvalue weighted by atomic mass is 9.81. The van der Waals surface area contributed by atoms with Crippen LogP contribution in [-0.4, -0.2) is 24.9 Å². The molecule has 24 heavy (non-hydrogen) atoms. The number of nitrogens with zero attached hydrogens (tertiary/aromatic N) is 5. The van der Waals surface area contributed by atoms with Crippen molar-refractivity contribution >= 4 is 5.82 Å². The molecule has 124 valence electrons. The first-order valence-corrected chi connectivity index (χ1v) is 8.23. The number of aryl methyl sites for hydroxylation is 2. The molecule has 4 rings (SSSR count). The third kappa shape index (κ3) is 2.77. The van der Waals surface area contributed by atoms with E-state index in [1.54, 1.807) is 23.3 Å². The van der Waals surface area contributed by atoms with Crippen molar-refractivity contribution in [2.75, 3.05) is 5.32 Å². The topological polar surface area (TPSA) is 81.7 Å². The van der Waals surface area contributed by atoms with Gasteiger partial charge in [-0.15, -0.1) is 0 Å². The normalized spacial score (nSPS) is 14.6. The lowest BCUT2D eigenvalue weighted by Gasteiger charge is -2.23. The van der Waals surface area contributed by atoms with Crippen LogP contribution in [0.3, 0.4) is 0 Å². The van der Waals surface area contributed by atoms with Crippen LogP contribution in [0, 0.1) is 13.8 Å². The molecule has 1 saturated carbocycles. The van der Waals surface area contributed by atoms with E-state index in [0.717, 1.165) is 22.6 Å². The Morgan fingerprint density at radius 2 is 2.17 bits per heavy atom. The summed E-state index contributed by atoms with van der Waals surface area (Å²) >= 11 is 0. The molecule has 0 aliphatic heterocycles. The molecule has 1 fully saturated rings. The molecule has 3 aromatic heterocycles. The Labute approximate surface area is 140 Å². The van der Waals surface area contributed by atoms with Gasteiger partial charge in [-0.2, -0.15) is 5.10 Å². The zero-order valence-corrected chi connectivity index (χ0v) is 13.9. The molecular formula is C17H20N6O. The van der Waals surface area contributed by atoms with Gasteiger partial charge < -0.3 is 9.84 Å². The maximum Gasteiger partial charge on any atom is 0.174 e. The number of rotatable bonds is 5. The summed E-state index contributed by atoms with van der Waals surface area (Å²) in [5.41, 5.74) is 4.17. The molecule has 0 atom stereocenters. The van der Waals surface area contributed by atoms with Crippen molar-refractivity contribution < 1.29 is 4.52 Å². The van der Waals surface area contributed by atoms with E-state index < -0.39 is 0 Å². The van der Waals surface area contributed by atoms with Gasteiger partial charge in [-0.3, -0.25) is 4.98 Å². The van der Waals surface area contributed by atoms with E-state index >= 15 is 0 Å². The Balaban J connectivity index is 1.50. The summed E-state index contributed by atoms with van der Waals surface area (Å²) < 4.78 is 6.96. The minimum Gasteiger partial charge on any atom is -0.364 e. The number of hydrogen-bond donors (Lipinski definition) is 1. The Kier molecular flexibility index (Phi) is 3.76. The summed E-state index contributed by atoms with van der Waals surface area (Å²) in [6.07, 6.45) is 8.83. The fourth-order valence-corrected chi connectivity index (χ4v) is 3.01. The van der Waals surface area contributed by atoms with Gasteiger partial charge in [0.05, 0.1) is 23.8 Å². The van der Waals surface area contributed by atoms with Crippen molar-refractivity contribution in [3.8, 4) is 5.82 Å². The Morgan fingerprint density at radius 3 is 2.88 bits per heavy atom. The fraction of sp³-hybridized carbons (Fsp3) is 0.412. The molecule has 0 saturated heterocycles. The predicted octanol–water partition coefficient (Wildman–Crippen LogP) is 3.15. The SMILES string of the molecule is Cc1cc(C)n(-c2cncc(NCc3conc3C3CCC3)n2)n1. The minimum absolute atomic E-state index is 0.549. The van der Waals surface area contributed by atoms with Gasteiger partial charge in [-0.1, -0.05) is 11.6 Å². The van der Waals surface area contributed by atoms with Crippen molar-refractivity contribution in [3.05, 3.63) is 47.4 Å². The largest absolute Gasteiger partial charge is 0.364 e. The maximum absolute atomic E-state index is 5.16. The van der Waals surface area contributed by atoms with Gasteiger partial charge in [0.1, 0.15) is 12.1 Å². The molecule has 0 spiro atoms. The van der Waals surface area contributed by atoms with Crippen LogP contribution in [0.5, 0.6) is 0 Å². The van der Waals surface area contributed by atoms with Crippen molar-refractivity contribution in [3.63, 3.8) is 0 Å². The van der Waals surface area contributed by atoms with Gasteiger partial charge in [0.2, 0.25) is 0 Å². The first-order chi connectivity index (χ1) is 11.7. The Hall–Kier alpha value is -2.70. The number of aromatic nitrogens is 5. The minimum atomic E-state index is 0.549. The van der Waals surface area contributed by atoms with E-state index in [9.17, 15) is 0 Å². The molecule has 7 nitrogen and oxygen atoms in total. The third-order valence-electron chi connectivity index (χ3n) is 4.48. The molecule has 1 N–H and O–H groups in total. The summed E-state index contributed by atoms with van der Waals surface area (Å²) in [5, 5.41) is 11.9. The van der Waals surface area contributed by atoms with Crippen LogP contribution in [0.25, 0.3) is 5.82 Å². The van der Waals surface area contributed by atoms with Crippen LogP contribution < -0.4 is 5.32 Å². The highest BCUT2D eigenvalue weighted by molar-refractivity contribution is 5.38. The van der Waals surface area contributed by atoms with Crippen LogP contribution in [0.1, 0.15) is 47.8 Å². The van der Waals surface area contributed by atoms with Crippen LogP contribution in [-0.2, 0) is 6.54 Å². The molecule has 3 heterocycles. The Bertz CT molecular complexity index is 848. The first-order valence-electron chi connectivity index (χ1n) is 8.23. The Morgan fingerprint density at radius 1 is 1.29 bits per heavy atom. The van der Waals surface area contributed by atoms with E-state index in [0.29, 0.717) is 24.1 Å². The average Bonchev–Trinajstić information content (AvgIpc) is 3.10. The van der Waals surface area contributed by atoms with Gasteiger partial charge in [-0.25, -0.2) is 9.67 Å². The summed E-state index contributed by atoms with van der Waals surface area (Å²) in [7, 11) is 0. The smallest absolute Gasteiger partial charge is 0.174 e. The van der Waals surface area contributed by atoms with Crippen LogP contribution in [0.2, 0.25) is 0 Å². The molecule has 0 aromatic carbocycles. The number of hydrogen-bond acceptors (Lipinski definition) is 6. The van der Waals surface area contributed by atoms with Gasteiger partial charge in [0.15, 0.2) is 5.82 Å². The standard InChI is InChI=1S/C17H20N6O/c1-11-6-12(2)23(21-11)16-9-18-8-15(20-16)19-7-14-10-24-22-17(14)13-4-3-5-13/h6,8-10,13H,3-5,7H2,1-2H3,(H,19,20). The maximum atomic E-state index is 5.16. The monoisotopic (exact) mass is 324 g/mol. The van der Waals surface area contributed by atoms with Crippen molar-refractivity contribution in [1.29, 1.82) is 0 Å². The molecule has 7 heteroatoms. The lowest BCUT2D eigenvalue weighted by molar-refractivity contribution is 0.363. The average molecular weight is 324 g/mol. The van der Waals surface area contributed by atoms with Gasteiger partial charge in [0, 0.05) is 23.7 Å².